The number of halogens is 2. The molecule has 8 atom stereocenters. The second-order valence-corrected chi connectivity index (χ2v) is 12.4. The van der Waals surface area contributed by atoms with E-state index in [1.807, 2.05) is 12.1 Å². The molecule has 0 aliphatic heterocycles. The van der Waals surface area contributed by atoms with E-state index < -0.39 is 39.7 Å². The minimum atomic E-state index is -0.832. The van der Waals surface area contributed by atoms with Gasteiger partial charge in [0, 0.05) is 11.0 Å². The van der Waals surface area contributed by atoms with Crippen LogP contribution in [0.25, 0.3) is 0 Å². The molecule has 5 rings (SSSR count). The van der Waals surface area contributed by atoms with E-state index in [1.54, 1.807) is 36.4 Å². The summed E-state index contributed by atoms with van der Waals surface area (Å²) in [5.41, 5.74) is 0.472. The van der Waals surface area contributed by atoms with Gasteiger partial charge in [0.2, 0.25) is 0 Å². The van der Waals surface area contributed by atoms with Gasteiger partial charge in [0.1, 0.15) is 13.2 Å². The highest BCUT2D eigenvalue weighted by Gasteiger charge is 2.70. The summed E-state index contributed by atoms with van der Waals surface area (Å²) in [5.74, 6) is -1.04. The van der Waals surface area contributed by atoms with Crippen molar-refractivity contribution >= 4 is 40.6 Å². The number of aliphatic hydroxyl groups excluding tert-OH is 1. The molecule has 0 saturated heterocycles. The van der Waals surface area contributed by atoms with Crippen molar-refractivity contribution in [1.82, 2.24) is 0 Å². The van der Waals surface area contributed by atoms with E-state index in [9.17, 15) is 19.5 Å². The van der Waals surface area contributed by atoms with E-state index in [0.717, 1.165) is 18.4 Å². The fraction of sp³-hybridized carbons (Fsp3) is 0.552. The third-order valence-electron chi connectivity index (χ3n) is 9.63. The Hall–Kier alpha value is -1.79. The number of rotatable bonds is 6. The standard InChI is InChI=1S/C29H32Cl2O5/c1-27-14-25(30)29(31)20(9-8-18-12-19(33)10-11-28(18,29)2)21(27)13-24(26(27)22(34)15-32)36-16-23(35)17-6-4-3-5-7-17/h3-7,10-12,20-21,24-26,32H,8-9,13-16H2,1-2H3/t20-,21-,24+,25-,26-,27-,28-,29?/m0/s1. The molecule has 1 unspecified atom stereocenters. The third kappa shape index (κ3) is 3.69. The summed E-state index contributed by atoms with van der Waals surface area (Å²) in [6.07, 6.45) is 7.22. The fourth-order valence-electron chi connectivity index (χ4n) is 7.86. The maximum Gasteiger partial charge on any atom is 0.188 e. The monoisotopic (exact) mass is 530 g/mol. The second-order valence-electron chi connectivity index (χ2n) is 11.3. The number of alkyl halides is 2. The highest BCUT2D eigenvalue weighted by Crippen LogP contribution is 2.70. The van der Waals surface area contributed by atoms with Crippen molar-refractivity contribution in [3.63, 3.8) is 0 Å². The van der Waals surface area contributed by atoms with Crippen molar-refractivity contribution in [3.8, 4) is 0 Å². The normalized spacial score (nSPS) is 41.2. The number of ether oxygens (including phenoxy) is 1. The van der Waals surface area contributed by atoms with E-state index in [4.69, 9.17) is 27.9 Å². The maximum absolute atomic E-state index is 13.1. The highest BCUT2D eigenvalue weighted by atomic mass is 35.5. The molecule has 3 fully saturated rings. The van der Waals surface area contributed by atoms with Crippen LogP contribution in [0, 0.1) is 28.6 Å². The first-order valence-electron chi connectivity index (χ1n) is 12.7. The fourth-order valence-corrected chi connectivity index (χ4v) is 9.11. The van der Waals surface area contributed by atoms with Gasteiger partial charge < -0.3 is 9.84 Å². The lowest BCUT2D eigenvalue weighted by Gasteiger charge is -2.63. The molecule has 36 heavy (non-hydrogen) atoms. The Morgan fingerprint density at radius 2 is 1.89 bits per heavy atom. The van der Waals surface area contributed by atoms with Gasteiger partial charge >= 0.3 is 0 Å². The predicted molar refractivity (Wildman–Crippen MR) is 138 cm³/mol. The second kappa shape index (κ2) is 9.20. The summed E-state index contributed by atoms with van der Waals surface area (Å²) >= 11 is 14.7. The van der Waals surface area contributed by atoms with Gasteiger partial charge in [-0.05, 0) is 55.1 Å². The van der Waals surface area contributed by atoms with Crippen molar-refractivity contribution in [2.24, 2.45) is 28.6 Å². The first kappa shape index (κ1) is 25.8. The first-order valence-corrected chi connectivity index (χ1v) is 13.5. The van der Waals surface area contributed by atoms with Crippen molar-refractivity contribution in [2.75, 3.05) is 13.2 Å². The van der Waals surface area contributed by atoms with Crippen LogP contribution in [0.5, 0.6) is 0 Å². The molecule has 0 radical (unpaired) electrons. The minimum absolute atomic E-state index is 0.0201. The first-order chi connectivity index (χ1) is 17.1. The van der Waals surface area contributed by atoms with E-state index in [1.165, 1.54) is 0 Å². The molecule has 192 valence electrons. The molecule has 1 N–H and O–H groups in total. The van der Waals surface area contributed by atoms with Gasteiger partial charge in [-0.1, -0.05) is 55.8 Å². The van der Waals surface area contributed by atoms with Gasteiger partial charge in [-0.2, -0.15) is 0 Å². The van der Waals surface area contributed by atoms with E-state index in [0.29, 0.717) is 18.4 Å². The molecule has 4 aliphatic carbocycles. The van der Waals surface area contributed by atoms with Crippen LogP contribution in [0.2, 0.25) is 0 Å². The molecular formula is C29H32Cl2O5. The SMILES string of the molecule is C[C@]12C[C@H](Cl)C3(Cl)[C@@H](CCC4=CC(=O)C=C[C@@]43C)[C@@H]1C[C@@H](OCC(=O)c1ccccc1)[C@@H]2C(=O)CO. The van der Waals surface area contributed by atoms with E-state index in [2.05, 4.69) is 13.8 Å². The van der Waals surface area contributed by atoms with Crippen LogP contribution in [-0.4, -0.2) is 52.0 Å². The highest BCUT2D eigenvalue weighted by molar-refractivity contribution is 6.34. The summed E-state index contributed by atoms with van der Waals surface area (Å²) < 4.78 is 6.17. The van der Waals surface area contributed by atoms with Gasteiger partial charge in [-0.15, -0.1) is 23.2 Å². The van der Waals surface area contributed by atoms with Crippen molar-refractivity contribution in [2.45, 2.75) is 55.9 Å². The summed E-state index contributed by atoms with van der Waals surface area (Å²) in [5, 5.41) is 9.40. The topological polar surface area (TPSA) is 80.7 Å². The number of fused-ring (bicyclic) bond motifs is 5. The number of carbonyl (C=O) groups is 3. The molecule has 4 aliphatic rings. The van der Waals surface area contributed by atoms with Crippen LogP contribution in [0.4, 0.5) is 0 Å². The summed E-state index contributed by atoms with van der Waals surface area (Å²) in [4.78, 5) is 37.2. The Morgan fingerprint density at radius 3 is 2.58 bits per heavy atom. The Balaban J connectivity index is 1.47. The van der Waals surface area contributed by atoms with Gasteiger partial charge in [0.05, 0.1) is 22.3 Å². The van der Waals surface area contributed by atoms with E-state index in [-0.39, 0.29) is 35.8 Å². The molecule has 0 bridgehead atoms. The summed E-state index contributed by atoms with van der Waals surface area (Å²) in [6.45, 7) is 3.41. The molecule has 3 saturated carbocycles. The number of carbonyl (C=O) groups excluding carboxylic acids is 3. The average Bonchev–Trinajstić information content (AvgIpc) is 3.15. The van der Waals surface area contributed by atoms with Crippen LogP contribution < -0.4 is 0 Å². The minimum Gasteiger partial charge on any atom is -0.389 e. The average molecular weight is 531 g/mol. The largest absolute Gasteiger partial charge is 0.389 e. The van der Waals surface area contributed by atoms with Crippen LogP contribution in [0.3, 0.4) is 0 Å². The number of Topliss-reactive ketones (excluding diaryl/α,β-unsaturated/α-hetero) is 2. The zero-order chi connectivity index (χ0) is 25.9. The number of benzene rings is 1. The number of ketones is 3. The number of allylic oxidation sites excluding steroid dienone is 4. The van der Waals surface area contributed by atoms with E-state index >= 15 is 0 Å². The molecule has 1 aromatic rings. The lowest BCUT2D eigenvalue weighted by atomic mass is 9.47. The van der Waals surface area contributed by atoms with Crippen molar-refractivity contribution < 1.29 is 24.2 Å². The van der Waals surface area contributed by atoms with Gasteiger partial charge in [0.25, 0.3) is 0 Å². The van der Waals surface area contributed by atoms with Gasteiger partial charge in [-0.25, -0.2) is 0 Å². The predicted octanol–water partition coefficient (Wildman–Crippen LogP) is 4.93. The molecule has 0 heterocycles. The molecule has 0 amide bonds. The summed E-state index contributed by atoms with van der Waals surface area (Å²) in [7, 11) is 0. The summed E-state index contributed by atoms with van der Waals surface area (Å²) in [6, 6.07) is 8.94. The molecule has 7 heteroatoms. The maximum atomic E-state index is 13.1. The molecule has 0 spiro atoms. The zero-order valence-corrected chi connectivity index (χ0v) is 22.1. The van der Waals surface area contributed by atoms with Crippen molar-refractivity contribution in [3.05, 3.63) is 59.7 Å². The van der Waals surface area contributed by atoms with Crippen LogP contribution in [-0.2, 0) is 14.3 Å². The molecule has 0 aromatic heterocycles. The number of hydrogen-bond acceptors (Lipinski definition) is 5. The van der Waals surface area contributed by atoms with Crippen molar-refractivity contribution in [1.29, 1.82) is 0 Å². The Kier molecular flexibility index (Phi) is 6.60. The Morgan fingerprint density at radius 1 is 1.17 bits per heavy atom. The Labute approximate surface area is 221 Å². The molecule has 5 nitrogen and oxygen atoms in total. The van der Waals surface area contributed by atoms with Gasteiger partial charge in [-0.3, -0.25) is 14.4 Å². The lowest BCUT2D eigenvalue weighted by molar-refractivity contribution is -0.136. The zero-order valence-electron chi connectivity index (χ0n) is 20.6. The Bertz CT molecular complexity index is 1150. The third-order valence-corrected chi connectivity index (χ3v) is 11.2. The van der Waals surface area contributed by atoms with Crippen LogP contribution >= 0.6 is 23.2 Å². The van der Waals surface area contributed by atoms with Crippen LogP contribution in [0.15, 0.2) is 54.1 Å². The quantitative estimate of drug-likeness (QED) is 0.416. The lowest BCUT2D eigenvalue weighted by Crippen LogP contribution is -2.64. The molecule has 1 aromatic carbocycles. The van der Waals surface area contributed by atoms with Crippen LogP contribution in [0.1, 0.15) is 49.9 Å². The molecular weight excluding hydrogens is 499 g/mol. The number of hydrogen-bond donors (Lipinski definition) is 1. The van der Waals surface area contributed by atoms with Gasteiger partial charge in [0.15, 0.2) is 17.3 Å². The smallest absolute Gasteiger partial charge is 0.188 e. The number of aliphatic hydroxyl groups is 1.